The summed E-state index contributed by atoms with van der Waals surface area (Å²) >= 11 is 0. The van der Waals surface area contributed by atoms with Crippen LogP contribution in [0.3, 0.4) is 0 Å². The number of hydroxylamine groups is 4. The van der Waals surface area contributed by atoms with E-state index in [4.69, 9.17) is 34.8 Å². The number of carbonyl (C=O) groups is 1. The molecule has 0 spiro atoms. The third kappa shape index (κ3) is 4.18. The molecule has 9 N–H and O–H groups in total. The van der Waals surface area contributed by atoms with Crippen LogP contribution in [0.15, 0.2) is 11.5 Å². The highest BCUT2D eigenvalue weighted by molar-refractivity contribution is 7.66. The van der Waals surface area contributed by atoms with Crippen LogP contribution in [0.25, 0.3) is 0 Å². The molecule has 5 aliphatic rings. The minimum Gasteiger partial charge on any atom is -0.387 e. The molecule has 34 heavy (non-hydrogen) atoms. The number of aliphatic hydroxyl groups excluding tert-OH is 2. The van der Waals surface area contributed by atoms with Gasteiger partial charge >= 0.3 is 35.3 Å². The first-order valence-electron chi connectivity index (χ1n) is 8.91. The summed E-state index contributed by atoms with van der Waals surface area (Å²) in [4.78, 5) is 59.6. The van der Waals surface area contributed by atoms with Crippen LogP contribution >= 0.6 is 23.5 Å². The second kappa shape index (κ2) is 7.40. The van der Waals surface area contributed by atoms with Crippen LogP contribution in [0.1, 0.15) is 0 Å². The first-order chi connectivity index (χ1) is 15.5. The molecule has 0 aliphatic carbocycles. The number of amides is 1. The smallest absolute Gasteiger partial charge is 0.387 e. The number of nitrogens with zero attached hydrogens (tertiary/aromatic N) is 3. The lowest BCUT2D eigenvalue weighted by atomic mass is 10.1. The monoisotopic (exact) mass is 555 g/mol. The van der Waals surface area contributed by atoms with Crippen LogP contribution in [0, 0.1) is 0 Å². The highest BCUT2D eigenvalue weighted by atomic mass is 31.3. The summed E-state index contributed by atoms with van der Waals surface area (Å²) in [6.45, 7) is -1.02. The van der Waals surface area contributed by atoms with Crippen LogP contribution in [0.5, 0.6) is 0 Å². The number of hydrogen-bond donors (Lipinski definition) is 8. The number of fused-ring (bicyclic) bond motifs is 3. The number of carbonyl (C=O) groups excluding carboxylic acids is 1. The van der Waals surface area contributed by atoms with Gasteiger partial charge < -0.3 is 39.8 Å². The maximum atomic E-state index is 12.4. The molecule has 5 aliphatic heterocycles. The maximum Gasteiger partial charge on any atom is 0.490 e. The van der Waals surface area contributed by atoms with Gasteiger partial charge in [0.25, 0.3) is 6.35 Å². The molecule has 0 bridgehead atoms. The number of rotatable bonds is 8. The zero-order chi connectivity index (χ0) is 25.0. The lowest BCUT2D eigenvalue weighted by molar-refractivity contribution is -0.131. The number of phosphoric ester groups is 1. The van der Waals surface area contributed by atoms with Gasteiger partial charge in [-0.3, -0.25) is 20.0 Å². The summed E-state index contributed by atoms with van der Waals surface area (Å²) in [6, 6.07) is 0. The van der Waals surface area contributed by atoms with Gasteiger partial charge in [-0.2, -0.15) is 18.5 Å². The van der Waals surface area contributed by atoms with Gasteiger partial charge in [-0.15, -0.1) is 5.06 Å². The molecule has 0 aromatic rings. The fraction of sp³-hybridized carbons (Fsp3) is 0.700. The van der Waals surface area contributed by atoms with Crippen molar-refractivity contribution in [1.82, 2.24) is 20.3 Å². The summed E-state index contributed by atoms with van der Waals surface area (Å²) in [5.41, 5.74) is 5.77. The molecule has 0 radical (unpaired) electrons. The van der Waals surface area contributed by atoms with Gasteiger partial charge in [0, 0.05) is 0 Å². The molecule has 0 aromatic heterocycles. The topological polar surface area (TPSA) is 299 Å². The van der Waals surface area contributed by atoms with E-state index in [1.807, 2.05) is 0 Å². The second-order valence-electron chi connectivity index (χ2n) is 7.31. The van der Waals surface area contributed by atoms with Crippen LogP contribution in [0.4, 0.5) is 0 Å². The summed E-state index contributed by atoms with van der Waals surface area (Å²) in [6.07, 6.45) is -7.33. The van der Waals surface area contributed by atoms with E-state index in [0.717, 1.165) is 10.1 Å². The minimum absolute atomic E-state index is 0.0226. The Morgan fingerprint density at radius 3 is 2.41 bits per heavy atom. The molecule has 5 heterocycles. The molecule has 24 heteroatoms. The Morgan fingerprint density at radius 1 is 1.09 bits per heavy atom. The van der Waals surface area contributed by atoms with Crippen molar-refractivity contribution in [2.75, 3.05) is 6.61 Å². The first-order valence-corrected chi connectivity index (χ1v) is 13.4. The number of phosphoric acid groups is 3. The fourth-order valence-corrected chi connectivity index (χ4v) is 6.56. The van der Waals surface area contributed by atoms with Crippen molar-refractivity contribution in [1.29, 1.82) is 0 Å². The van der Waals surface area contributed by atoms with Gasteiger partial charge in [0.05, 0.1) is 6.61 Å². The molecular formula is C10H16N5O16P3. The Morgan fingerprint density at radius 2 is 1.76 bits per heavy atom. The van der Waals surface area contributed by atoms with E-state index in [-0.39, 0.29) is 11.5 Å². The van der Waals surface area contributed by atoms with Crippen molar-refractivity contribution < 1.29 is 75.8 Å². The van der Waals surface area contributed by atoms with Crippen LogP contribution in [-0.2, 0) is 46.0 Å². The quantitative estimate of drug-likeness (QED) is 0.104. The predicted octanol–water partition coefficient (Wildman–Crippen LogP) is -4.26. The number of nitrogens with two attached hydrogens (primary N) is 1. The number of aliphatic hydroxyl groups is 2. The molecule has 0 saturated carbocycles. The highest BCUT2D eigenvalue weighted by Gasteiger charge is 2.70. The maximum absolute atomic E-state index is 12.4. The van der Waals surface area contributed by atoms with Gasteiger partial charge in [-0.1, -0.05) is 0 Å². The van der Waals surface area contributed by atoms with E-state index in [9.17, 15) is 33.6 Å². The van der Waals surface area contributed by atoms with Gasteiger partial charge in [0.15, 0.2) is 11.9 Å². The third-order valence-electron chi connectivity index (χ3n) is 4.92. The van der Waals surface area contributed by atoms with Crippen molar-refractivity contribution in [3.8, 4) is 0 Å². The van der Waals surface area contributed by atoms with Crippen molar-refractivity contribution in [2.24, 2.45) is 5.73 Å². The molecular weight excluding hydrogens is 539 g/mol. The Hall–Kier alpha value is -1.22. The van der Waals surface area contributed by atoms with Crippen LogP contribution in [0.2, 0.25) is 0 Å². The van der Waals surface area contributed by atoms with Gasteiger partial charge in [0.1, 0.15) is 24.1 Å². The molecule has 3 fully saturated rings. The zero-order valence-corrected chi connectivity index (χ0v) is 18.8. The molecule has 3 saturated heterocycles. The van der Waals surface area contributed by atoms with E-state index < -0.39 is 72.8 Å². The highest BCUT2D eigenvalue weighted by Crippen LogP contribution is 2.66. The Kier molecular flexibility index (Phi) is 5.33. The normalized spacial score (nSPS) is 39.8. The predicted molar refractivity (Wildman–Crippen MR) is 94.1 cm³/mol. The summed E-state index contributed by atoms with van der Waals surface area (Å²) in [5.74, 6) is -2.24. The molecule has 192 valence electrons. The van der Waals surface area contributed by atoms with Crippen molar-refractivity contribution in [3.63, 3.8) is 0 Å². The van der Waals surface area contributed by atoms with Crippen molar-refractivity contribution >= 4 is 29.4 Å². The average molecular weight is 555 g/mol. The van der Waals surface area contributed by atoms with Gasteiger partial charge in [0.2, 0.25) is 0 Å². The molecule has 1 amide bonds. The standard InChI is InChI=1S/C10H16N5O16P3/c11-10-12-6-3(7(18)15(10)29-10)14-9(28-14)13(6)8-5(17)4(16)2(27-8)1-26-33(22,23)31-34(24,25)30-32(19,20)21/h2,4-5,8-9,12,16-17H,1,11H2,(H,22,23)(H,24,25)(H2,19,20,21)/t2-,4-,5-,8-,9-,10-,14?,15?/m1/s1. The lowest BCUT2D eigenvalue weighted by Gasteiger charge is -2.31. The van der Waals surface area contributed by atoms with Crippen molar-refractivity contribution in [2.45, 2.75) is 36.9 Å². The number of ether oxygens (including phenoxy) is 1. The molecule has 21 nitrogen and oxygen atoms in total. The van der Waals surface area contributed by atoms with E-state index in [1.54, 1.807) is 0 Å². The third-order valence-corrected chi connectivity index (χ3v) is 8.72. The zero-order valence-electron chi connectivity index (χ0n) is 16.1. The molecule has 5 rings (SSSR count). The number of nitrogens with one attached hydrogen (secondary N) is 1. The van der Waals surface area contributed by atoms with Gasteiger partial charge in [-0.05, 0) is 0 Å². The number of hydrogen-bond acceptors (Lipinski definition) is 16. The Bertz CT molecular complexity index is 1110. The second-order valence-corrected chi connectivity index (χ2v) is 11.7. The summed E-state index contributed by atoms with van der Waals surface area (Å²) in [5, 5.41) is 25.4. The Labute approximate surface area is 187 Å². The largest absolute Gasteiger partial charge is 0.490 e. The minimum atomic E-state index is -5.75. The fourth-order valence-electron chi connectivity index (χ4n) is 3.53. The molecule has 0 aromatic carbocycles. The van der Waals surface area contributed by atoms with Crippen molar-refractivity contribution in [3.05, 3.63) is 11.5 Å². The SMILES string of the molecule is N[C@@]12NC3=C(C(=O)N1O2)N1O[C@@H]1N3[C@@H]1O[C@H](COP(=O)(O)OP(=O)(O)OP(=O)(O)O)[C@@H](O)[C@H]1O. The van der Waals surface area contributed by atoms with Crippen LogP contribution < -0.4 is 11.1 Å². The van der Waals surface area contributed by atoms with Crippen LogP contribution in [-0.4, -0.2) is 94.2 Å². The van der Waals surface area contributed by atoms with E-state index in [1.165, 1.54) is 4.90 Å². The summed E-state index contributed by atoms with van der Waals surface area (Å²) in [7, 11) is -16.8. The molecule has 2 unspecified atom stereocenters. The van der Waals surface area contributed by atoms with E-state index in [0.29, 0.717) is 0 Å². The first kappa shape index (κ1) is 24.5. The lowest BCUT2D eigenvalue weighted by Crippen LogP contribution is -2.55. The summed E-state index contributed by atoms with van der Waals surface area (Å²) < 4.78 is 51.0. The van der Waals surface area contributed by atoms with Gasteiger partial charge in [-0.25, -0.2) is 18.5 Å². The van der Waals surface area contributed by atoms with E-state index >= 15 is 0 Å². The average Bonchev–Trinajstić information content (AvgIpc) is 3.52. The molecule has 8 atom stereocenters. The Balaban J connectivity index is 1.25. The van der Waals surface area contributed by atoms with E-state index in [2.05, 4.69) is 18.5 Å².